The summed E-state index contributed by atoms with van der Waals surface area (Å²) in [6.07, 6.45) is 4.69. The van der Waals surface area contributed by atoms with Crippen molar-refractivity contribution < 1.29 is 14.3 Å². The highest BCUT2D eigenvalue weighted by Crippen LogP contribution is 2.13. The summed E-state index contributed by atoms with van der Waals surface area (Å²) in [5, 5.41) is 3.96. The van der Waals surface area contributed by atoms with Crippen LogP contribution in [0, 0.1) is 6.92 Å². The molecule has 0 aliphatic carbocycles. The largest absolute Gasteiger partial charge is 0.490 e. The molecule has 6 nitrogen and oxygen atoms in total. The second kappa shape index (κ2) is 9.87. The zero-order chi connectivity index (χ0) is 19.6. The van der Waals surface area contributed by atoms with Crippen molar-refractivity contribution in [1.29, 1.82) is 0 Å². The standard InChI is InChI=1S/C22H21N3O3/c1-17-3-2-4-21(15-17)28-14-13-27-20-7-5-18(6-8-20)16-24-25-22(26)19-9-11-23-12-10-19/h2-12,15-16H,13-14H2,1H3,(H,25,26)/b24-16-. The number of benzene rings is 2. The molecule has 0 aliphatic rings. The zero-order valence-corrected chi connectivity index (χ0v) is 15.5. The number of hydrogen-bond donors (Lipinski definition) is 1. The number of nitrogens with one attached hydrogen (secondary N) is 1. The Hall–Kier alpha value is -3.67. The van der Waals surface area contributed by atoms with Gasteiger partial charge in [0, 0.05) is 18.0 Å². The highest BCUT2D eigenvalue weighted by molar-refractivity contribution is 5.94. The summed E-state index contributed by atoms with van der Waals surface area (Å²) in [7, 11) is 0. The van der Waals surface area contributed by atoms with Crippen molar-refractivity contribution >= 4 is 12.1 Å². The van der Waals surface area contributed by atoms with E-state index in [9.17, 15) is 4.79 Å². The summed E-state index contributed by atoms with van der Waals surface area (Å²) in [6.45, 7) is 2.94. The first-order valence-corrected chi connectivity index (χ1v) is 8.86. The van der Waals surface area contributed by atoms with Gasteiger partial charge in [0.15, 0.2) is 0 Å². The van der Waals surface area contributed by atoms with Gasteiger partial charge in [0.1, 0.15) is 24.7 Å². The number of nitrogens with zero attached hydrogens (tertiary/aromatic N) is 2. The van der Waals surface area contributed by atoms with Crippen LogP contribution in [-0.4, -0.2) is 30.3 Å². The molecule has 6 heteroatoms. The van der Waals surface area contributed by atoms with Crippen LogP contribution in [0.5, 0.6) is 11.5 Å². The molecule has 0 aliphatic heterocycles. The average Bonchev–Trinajstić information content (AvgIpc) is 2.73. The summed E-state index contributed by atoms with van der Waals surface area (Å²) in [6, 6.07) is 18.6. The molecule has 0 spiro atoms. The van der Waals surface area contributed by atoms with Crippen molar-refractivity contribution in [3.63, 3.8) is 0 Å². The zero-order valence-electron chi connectivity index (χ0n) is 15.5. The third-order valence-electron chi connectivity index (χ3n) is 3.81. The van der Waals surface area contributed by atoms with E-state index in [0.717, 1.165) is 22.6 Å². The maximum absolute atomic E-state index is 11.9. The second-order valence-electron chi connectivity index (χ2n) is 6.02. The number of carbonyl (C=O) groups excluding carboxylic acids is 1. The molecule has 28 heavy (non-hydrogen) atoms. The van der Waals surface area contributed by atoms with Gasteiger partial charge in [0.25, 0.3) is 5.91 Å². The number of pyridine rings is 1. The van der Waals surface area contributed by atoms with E-state index in [2.05, 4.69) is 15.5 Å². The number of hydrogen-bond acceptors (Lipinski definition) is 5. The average molecular weight is 375 g/mol. The maximum Gasteiger partial charge on any atom is 0.271 e. The van der Waals surface area contributed by atoms with Crippen molar-refractivity contribution in [2.24, 2.45) is 5.10 Å². The highest BCUT2D eigenvalue weighted by atomic mass is 16.5. The van der Waals surface area contributed by atoms with Crippen molar-refractivity contribution in [3.05, 3.63) is 89.7 Å². The minimum absolute atomic E-state index is 0.285. The topological polar surface area (TPSA) is 72.8 Å². The van der Waals surface area contributed by atoms with Crippen molar-refractivity contribution in [1.82, 2.24) is 10.4 Å². The van der Waals surface area contributed by atoms with Crippen LogP contribution in [0.1, 0.15) is 21.5 Å². The number of ether oxygens (including phenoxy) is 2. The third-order valence-corrected chi connectivity index (χ3v) is 3.81. The monoisotopic (exact) mass is 375 g/mol. The van der Waals surface area contributed by atoms with Crippen molar-refractivity contribution in [2.45, 2.75) is 6.92 Å². The Morgan fingerprint density at radius 2 is 1.71 bits per heavy atom. The first kappa shape index (κ1) is 19.1. The fourth-order valence-electron chi connectivity index (χ4n) is 2.41. The highest BCUT2D eigenvalue weighted by Gasteiger charge is 2.02. The van der Waals surface area contributed by atoms with Crippen LogP contribution in [0.2, 0.25) is 0 Å². The van der Waals surface area contributed by atoms with Gasteiger partial charge in [-0.3, -0.25) is 9.78 Å². The molecule has 0 saturated heterocycles. The molecule has 0 saturated carbocycles. The van der Waals surface area contributed by atoms with Crippen LogP contribution in [-0.2, 0) is 0 Å². The van der Waals surface area contributed by atoms with E-state index in [0.29, 0.717) is 18.8 Å². The number of aryl methyl sites for hydroxylation is 1. The molecule has 1 N–H and O–H groups in total. The van der Waals surface area contributed by atoms with E-state index in [1.54, 1.807) is 30.7 Å². The van der Waals surface area contributed by atoms with Gasteiger partial charge in [0.2, 0.25) is 0 Å². The van der Waals surface area contributed by atoms with Gasteiger partial charge in [-0.05, 0) is 66.6 Å². The summed E-state index contributed by atoms with van der Waals surface area (Å²) in [5.74, 6) is 1.29. The van der Waals surface area contributed by atoms with Crippen LogP contribution >= 0.6 is 0 Å². The van der Waals surface area contributed by atoms with Crippen molar-refractivity contribution in [2.75, 3.05) is 13.2 Å². The lowest BCUT2D eigenvalue weighted by atomic mass is 10.2. The predicted octanol–water partition coefficient (Wildman–Crippen LogP) is 3.61. The SMILES string of the molecule is Cc1cccc(OCCOc2ccc(/C=N\NC(=O)c3ccncc3)cc2)c1. The molecule has 0 fully saturated rings. The summed E-state index contributed by atoms with van der Waals surface area (Å²) >= 11 is 0. The molecule has 142 valence electrons. The Morgan fingerprint density at radius 3 is 2.43 bits per heavy atom. The number of amides is 1. The van der Waals surface area contributed by atoms with Gasteiger partial charge < -0.3 is 9.47 Å². The lowest BCUT2D eigenvalue weighted by Gasteiger charge is -2.09. The lowest BCUT2D eigenvalue weighted by Crippen LogP contribution is -2.17. The van der Waals surface area contributed by atoms with Crippen LogP contribution < -0.4 is 14.9 Å². The Balaban J connectivity index is 1.41. The van der Waals surface area contributed by atoms with Gasteiger partial charge in [-0.15, -0.1) is 0 Å². The maximum atomic E-state index is 11.9. The number of hydrazone groups is 1. The molecule has 2 aromatic carbocycles. The molecule has 1 heterocycles. The Kier molecular flexibility index (Phi) is 6.73. The van der Waals surface area contributed by atoms with Crippen molar-refractivity contribution in [3.8, 4) is 11.5 Å². The number of aromatic nitrogens is 1. The minimum Gasteiger partial charge on any atom is -0.490 e. The first-order valence-electron chi connectivity index (χ1n) is 8.86. The van der Waals surface area contributed by atoms with Crippen LogP contribution in [0.15, 0.2) is 78.2 Å². The third kappa shape index (κ3) is 5.95. The lowest BCUT2D eigenvalue weighted by molar-refractivity contribution is 0.0955. The number of rotatable bonds is 8. The molecule has 0 radical (unpaired) electrons. The summed E-state index contributed by atoms with van der Waals surface area (Å²) in [5.41, 5.74) is 4.99. The van der Waals surface area contributed by atoms with Gasteiger partial charge in [-0.2, -0.15) is 5.10 Å². The van der Waals surface area contributed by atoms with Gasteiger partial charge in [-0.1, -0.05) is 12.1 Å². The Bertz CT molecular complexity index is 925. The van der Waals surface area contributed by atoms with E-state index in [-0.39, 0.29) is 5.91 Å². The first-order chi connectivity index (χ1) is 13.7. The molecule has 0 unspecified atom stereocenters. The molecule has 3 rings (SSSR count). The molecule has 0 bridgehead atoms. The van der Waals surface area contributed by atoms with E-state index < -0.39 is 0 Å². The van der Waals surface area contributed by atoms with E-state index in [4.69, 9.17) is 9.47 Å². The Labute approximate surface area is 163 Å². The van der Waals surface area contributed by atoms with Crippen LogP contribution in [0.3, 0.4) is 0 Å². The van der Waals surface area contributed by atoms with E-state index in [1.807, 2.05) is 55.5 Å². The van der Waals surface area contributed by atoms with Crippen LogP contribution in [0.4, 0.5) is 0 Å². The fraction of sp³-hybridized carbons (Fsp3) is 0.136. The smallest absolute Gasteiger partial charge is 0.271 e. The Morgan fingerprint density at radius 1 is 1.00 bits per heavy atom. The molecule has 0 atom stereocenters. The van der Waals surface area contributed by atoms with E-state index >= 15 is 0 Å². The van der Waals surface area contributed by atoms with Gasteiger partial charge >= 0.3 is 0 Å². The molecular weight excluding hydrogens is 354 g/mol. The molecule has 1 aromatic heterocycles. The normalized spacial score (nSPS) is 10.6. The molecular formula is C22H21N3O3. The predicted molar refractivity (Wildman–Crippen MR) is 108 cm³/mol. The van der Waals surface area contributed by atoms with Crippen LogP contribution in [0.25, 0.3) is 0 Å². The van der Waals surface area contributed by atoms with Gasteiger partial charge in [0.05, 0.1) is 6.21 Å². The fourth-order valence-corrected chi connectivity index (χ4v) is 2.41. The molecule has 3 aromatic rings. The minimum atomic E-state index is -0.285. The molecule has 1 amide bonds. The summed E-state index contributed by atoms with van der Waals surface area (Å²) < 4.78 is 11.3. The quantitative estimate of drug-likeness (QED) is 0.371. The van der Waals surface area contributed by atoms with Gasteiger partial charge in [-0.25, -0.2) is 5.43 Å². The summed E-state index contributed by atoms with van der Waals surface area (Å²) in [4.78, 5) is 15.7. The van der Waals surface area contributed by atoms with E-state index in [1.165, 1.54) is 0 Å². The second-order valence-corrected chi connectivity index (χ2v) is 6.02. The number of carbonyl (C=O) groups is 1.